The topological polar surface area (TPSA) is 77.8 Å². The number of aromatic carboxylic acids is 1. The van der Waals surface area contributed by atoms with Crippen LogP contribution < -0.4 is 0 Å². The number of phenols is 2. The van der Waals surface area contributed by atoms with Crippen LogP contribution in [0.1, 0.15) is 87.1 Å². The van der Waals surface area contributed by atoms with Crippen LogP contribution >= 0.6 is 0 Å². The molecule has 27 heavy (non-hydrogen) atoms. The summed E-state index contributed by atoms with van der Waals surface area (Å²) in [5.74, 6) is -1.59. The highest BCUT2D eigenvalue weighted by Crippen LogP contribution is 2.37. The molecule has 0 aliphatic rings. The number of benzene rings is 2. The average Bonchev–Trinajstić information content (AvgIpc) is 2.62. The molecule has 148 valence electrons. The van der Waals surface area contributed by atoms with Gasteiger partial charge in [-0.2, -0.15) is 0 Å². The van der Waals surface area contributed by atoms with Crippen LogP contribution in [-0.2, 0) is 6.42 Å². The van der Waals surface area contributed by atoms with Gasteiger partial charge in [-0.3, -0.25) is 0 Å². The molecule has 2 aromatic carbocycles. The van der Waals surface area contributed by atoms with E-state index in [-0.39, 0.29) is 22.4 Å². The van der Waals surface area contributed by atoms with E-state index in [0.717, 1.165) is 19.3 Å². The van der Waals surface area contributed by atoms with Crippen LogP contribution in [0, 0.1) is 0 Å². The number of aryl methyl sites for hydroxylation is 1. The van der Waals surface area contributed by atoms with Crippen LogP contribution in [0.5, 0.6) is 11.5 Å². The zero-order valence-corrected chi connectivity index (χ0v) is 16.3. The van der Waals surface area contributed by atoms with Gasteiger partial charge in [0.2, 0.25) is 0 Å². The molecular formula is C23H32O4. The average molecular weight is 373 g/mol. The lowest BCUT2D eigenvalue weighted by Gasteiger charge is -2.12. The third-order valence-corrected chi connectivity index (χ3v) is 5.21. The maximum absolute atomic E-state index is 11.6. The minimum Gasteiger partial charge on any atom is -0.507 e. The molecule has 0 radical (unpaired) electrons. The Bertz CT molecular complexity index is 752. The summed E-state index contributed by atoms with van der Waals surface area (Å²) < 4.78 is 0. The SMILES string of the molecule is CCCCCCCCCCCCc1cc2cccc(O)c2c(O)c1C(=O)O. The van der Waals surface area contributed by atoms with Crippen molar-refractivity contribution >= 4 is 16.7 Å². The number of fused-ring (bicyclic) bond motifs is 1. The van der Waals surface area contributed by atoms with Crippen LogP contribution in [0.3, 0.4) is 0 Å². The second-order valence-corrected chi connectivity index (χ2v) is 7.37. The summed E-state index contributed by atoms with van der Waals surface area (Å²) in [5, 5.41) is 30.8. The van der Waals surface area contributed by atoms with E-state index in [1.54, 1.807) is 18.2 Å². The van der Waals surface area contributed by atoms with Gasteiger partial charge in [-0.15, -0.1) is 0 Å². The number of hydrogen-bond acceptors (Lipinski definition) is 3. The lowest BCUT2D eigenvalue weighted by Crippen LogP contribution is -2.04. The van der Waals surface area contributed by atoms with E-state index in [9.17, 15) is 20.1 Å². The molecule has 0 heterocycles. The molecule has 0 saturated carbocycles. The lowest BCUT2D eigenvalue weighted by atomic mass is 9.95. The van der Waals surface area contributed by atoms with Gasteiger partial charge < -0.3 is 15.3 Å². The predicted molar refractivity (Wildman–Crippen MR) is 110 cm³/mol. The number of carboxylic acids is 1. The third-order valence-electron chi connectivity index (χ3n) is 5.21. The molecule has 0 bridgehead atoms. The molecule has 0 spiro atoms. The van der Waals surface area contributed by atoms with Gasteiger partial charge >= 0.3 is 5.97 Å². The minimum absolute atomic E-state index is 0.0834. The summed E-state index contributed by atoms with van der Waals surface area (Å²) in [6.07, 6.45) is 12.9. The van der Waals surface area contributed by atoms with Gasteiger partial charge in [0.15, 0.2) is 0 Å². The molecule has 0 atom stereocenters. The Labute approximate surface area is 161 Å². The van der Waals surface area contributed by atoms with Gasteiger partial charge in [-0.1, -0.05) is 76.8 Å². The largest absolute Gasteiger partial charge is 0.507 e. The first kappa shape index (κ1) is 21.1. The monoisotopic (exact) mass is 372 g/mol. The first-order chi connectivity index (χ1) is 13.1. The molecule has 2 rings (SSSR count). The number of aromatic hydroxyl groups is 2. The lowest BCUT2D eigenvalue weighted by molar-refractivity contribution is 0.0692. The molecule has 0 unspecified atom stereocenters. The van der Waals surface area contributed by atoms with E-state index in [0.29, 0.717) is 17.4 Å². The molecule has 0 aliphatic heterocycles. The van der Waals surface area contributed by atoms with Gasteiger partial charge in [0.05, 0.1) is 5.39 Å². The highest BCUT2D eigenvalue weighted by Gasteiger charge is 2.20. The fourth-order valence-corrected chi connectivity index (χ4v) is 3.71. The molecule has 0 saturated heterocycles. The molecule has 0 amide bonds. The van der Waals surface area contributed by atoms with E-state index in [4.69, 9.17) is 0 Å². The van der Waals surface area contributed by atoms with Gasteiger partial charge in [0.25, 0.3) is 0 Å². The fourth-order valence-electron chi connectivity index (χ4n) is 3.71. The summed E-state index contributed by atoms with van der Waals surface area (Å²) in [7, 11) is 0. The minimum atomic E-state index is -1.15. The molecule has 2 aromatic rings. The van der Waals surface area contributed by atoms with E-state index >= 15 is 0 Å². The van der Waals surface area contributed by atoms with Crippen LogP contribution in [0.15, 0.2) is 24.3 Å². The van der Waals surface area contributed by atoms with Gasteiger partial charge in [-0.25, -0.2) is 4.79 Å². The Morgan fingerprint density at radius 2 is 1.48 bits per heavy atom. The van der Waals surface area contributed by atoms with Crippen molar-refractivity contribution < 1.29 is 20.1 Å². The number of rotatable bonds is 12. The summed E-state index contributed by atoms with van der Waals surface area (Å²) in [5.41, 5.74) is 0.553. The number of carboxylic acid groups (broad SMARTS) is 1. The van der Waals surface area contributed by atoms with Crippen LogP contribution in [0.2, 0.25) is 0 Å². The Hall–Kier alpha value is -2.23. The van der Waals surface area contributed by atoms with Crippen molar-refractivity contribution in [3.8, 4) is 11.5 Å². The van der Waals surface area contributed by atoms with Crippen molar-refractivity contribution in [1.29, 1.82) is 0 Å². The first-order valence-corrected chi connectivity index (χ1v) is 10.3. The molecule has 4 heteroatoms. The Balaban J connectivity index is 1.89. The Morgan fingerprint density at radius 3 is 2.07 bits per heavy atom. The van der Waals surface area contributed by atoms with Gasteiger partial charge in [0.1, 0.15) is 17.1 Å². The molecular weight excluding hydrogens is 340 g/mol. The highest BCUT2D eigenvalue weighted by molar-refractivity contribution is 6.04. The molecule has 4 nitrogen and oxygen atoms in total. The van der Waals surface area contributed by atoms with Crippen molar-refractivity contribution in [2.24, 2.45) is 0 Å². The maximum atomic E-state index is 11.6. The smallest absolute Gasteiger partial charge is 0.339 e. The van der Waals surface area contributed by atoms with Crippen molar-refractivity contribution in [3.63, 3.8) is 0 Å². The van der Waals surface area contributed by atoms with E-state index < -0.39 is 5.97 Å². The molecule has 0 aromatic heterocycles. The molecule has 0 fully saturated rings. The van der Waals surface area contributed by atoms with Crippen LogP contribution in [0.4, 0.5) is 0 Å². The van der Waals surface area contributed by atoms with Crippen molar-refractivity contribution in [1.82, 2.24) is 0 Å². The maximum Gasteiger partial charge on any atom is 0.339 e. The van der Waals surface area contributed by atoms with E-state index in [1.165, 1.54) is 51.0 Å². The number of phenolic OH excluding ortho intramolecular Hbond substituents is 1. The van der Waals surface area contributed by atoms with Crippen LogP contribution in [0.25, 0.3) is 10.8 Å². The van der Waals surface area contributed by atoms with E-state index in [2.05, 4.69) is 6.92 Å². The van der Waals surface area contributed by atoms with Crippen molar-refractivity contribution in [3.05, 3.63) is 35.4 Å². The summed E-state index contributed by atoms with van der Waals surface area (Å²) >= 11 is 0. The highest BCUT2D eigenvalue weighted by atomic mass is 16.4. The fraction of sp³-hybridized carbons (Fsp3) is 0.522. The normalized spacial score (nSPS) is 11.1. The molecule has 3 N–H and O–H groups in total. The summed E-state index contributed by atoms with van der Waals surface area (Å²) in [4.78, 5) is 11.6. The second-order valence-electron chi connectivity index (χ2n) is 7.37. The quantitative estimate of drug-likeness (QED) is 0.376. The first-order valence-electron chi connectivity index (χ1n) is 10.3. The zero-order chi connectivity index (χ0) is 19.6. The van der Waals surface area contributed by atoms with Crippen LogP contribution in [-0.4, -0.2) is 21.3 Å². The third kappa shape index (κ3) is 5.88. The van der Waals surface area contributed by atoms with Crippen molar-refractivity contribution in [2.75, 3.05) is 0 Å². The second kappa shape index (κ2) is 10.8. The number of carbonyl (C=O) groups is 1. The zero-order valence-electron chi connectivity index (χ0n) is 16.3. The number of unbranched alkanes of at least 4 members (excludes halogenated alkanes) is 9. The molecule has 0 aliphatic carbocycles. The van der Waals surface area contributed by atoms with Gasteiger partial charge in [0, 0.05) is 0 Å². The Morgan fingerprint density at radius 1 is 0.889 bits per heavy atom. The Kier molecular flexibility index (Phi) is 8.43. The van der Waals surface area contributed by atoms with Crippen molar-refractivity contribution in [2.45, 2.75) is 77.6 Å². The van der Waals surface area contributed by atoms with E-state index in [1.807, 2.05) is 0 Å². The standard InChI is InChI=1S/C23H32O4/c1-2-3-4-5-6-7-8-9-10-11-13-18-16-17-14-12-15-19(24)20(17)22(25)21(18)23(26)27/h12,14-16,24-25H,2-11,13H2,1H3,(H,26,27). The summed E-state index contributed by atoms with van der Waals surface area (Å²) in [6.45, 7) is 2.23. The predicted octanol–water partition coefficient (Wildman–Crippen LogP) is 6.41. The van der Waals surface area contributed by atoms with Gasteiger partial charge in [-0.05, 0) is 35.9 Å². The number of hydrogen-bond donors (Lipinski definition) is 3. The summed E-state index contributed by atoms with van der Waals surface area (Å²) in [6, 6.07) is 6.71.